The highest BCUT2D eigenvalue weighted by Gasteiger charge is 2.10. The lowest BCUT2D eigenvalue weighted by Crippen LogP contribution is -1.97. The molecule has 1 aromatic heterocycles. The molecule has 3 nitrogen and oxygen atoms in total. The van der Waals surface area contributed by atoms with Crippen LogP contribution in [0.15, 0.2) is 22.8 Å². The van der Waals surface area contributed by atoms with Crippen LogP contribution in [-0.2, 0) is 6.54 Å². The van der Waals surface area contributed by atoms with E-state index in [2.05, 4.69) is 28.0 Å². The molecule has 2 rings (SSSR count). The molecule has 0 amide bonds. The molecule has 0 N–H and O–H groups in total. The summed E-state index contributed by atoms with van der Waals surface area (Å²) in [6.07, 6.45) is 1.85. The van der Waals surface area contributed by atoms with E-state index in [9.17, 15) is 0 Å². The Labute approximate surface area is 90.8 Å². The van der Waals surface area contributed by atoms with E-state index in [0.29, 0.717) is 0 Å². The monoisotopic (exact) mass is 254 g/mol. The molecule has 0 unspecified atom stereocenters. The summed E-state index contributed by atoms with van der Waals surface area (Å²) in [5.41, 5.74) is 1.05. The van der Waals surface area contributed by atoms with E-state index in [4.69, 9.17) is 4.74 Å². The largest absolute Gasteiger partial charge is 0.493 e. The first kappa shape index (κ1) is 9.52. The van der Waals surface area contributed by atoms with E-state index in [1.807, 2.05) is 23.0 Å². The molecule has 0 bridgehead atoms. The van der Waals surface area contributed by atoms with Gasteiger partial charge in [0.15, 0.2) is 5.75 Å². The van der Waals surface area contributed by atoms with Gasteiger partial charge in [-0.25, -0.2) is 0 Å². The third kappa shape index (κ3) is 1.30. The Morgan fingerprint density at radius 2 is 2.29 bits per heavy atom. The van der Waals surface area contributed by atoms with E-state index in [0.717, 1.165) is 27.7 Å². The third-order valence-corrected chi connectivity index (χ3v) is 2.84. The van der Waals surface area contributed by atoms with Crippen LogP contribution in [0.5, 0.6) is 5.75 Å². The molecular weight excluding hydrogens is 244 g/mol. The highest BCUT2D eigenvalue weighted by molar-refractivity contribution is 9.10. The summed E-state index contributed by atoms with van der Waals surface area (Å²) in [6.45, 7) is 2.91. The Kier molecular flexibility index (Phi) is 2.46. The number of aromatic nitrogens is 2. The van der Waals surface area contributed by atoms with E-state index < -0.39 is 0 Å². The molecule has 0 saturated heterocycles. The topological polar surface area (TPSA) is 27.1 Å². The van der Waals surface area contributed by atoms with E-state index in [1.165, 1.54) is 0 Å². The molecule has 0 radical (unpaired) electrons. The minimum atomic E-state index is 0.844. The maximum atomic E-state index is 5.35. The molecule has 4 heteroatoms. The summed E-state index contributed by atoms with van der Waals surface area (Å²) < 4.78 is 8.24. The van der Waals surface area contributed by atoms with Crippen molar-refractivity contribution in [2.75, 3.05) is 7.11 Å². The van der Waals surface area contributed by atoms with Crippen molar-refractivity contribution in [1.82, 2.24) is 9.78 Å². The normalized spacial score (nSPS) is 10.8. The summed E-state index contributed by atoms with van der Waals surface area (Å²) in [5.74, 6) is 0.849. The summed E-state index contributed by atoms with van der Waals surface area (Å²) in [6, 6.07) is 4.00. The fourth-order valence-electron chi connectivity index (χ4n) is 1.56. The first-order chi connectivity index (χ1) is 6.77. The molecule has 74 valence electrons. The van der Waals surface area contributed by atoms with E-state index in [-0.39, 0.29) is 0 Å². The summed E-state index contributed by atoms with van der Waals surface area (Å²) in [4.78, 5) is 0. The van der Waals surface area contributed by atoms with Crippen molar-refractivity contribution < 1.29 is 4.74 Å². The zero-order chi connectivity index (χ0) is 10.1. The first-order valence-electron chi connectivity index (χ1n) is 4.46. The van der Waals surface area contributed by atoms with Crippen LogP contribution < -0.4 is 4.74 Å². The fraction of sp³-hybridized carbons (Fsp3) is 0.300. The van der Waals surface area contributed by atoms with Gasteiger partial charge in [0, 0.05) is 11.9 Å². The van der Waals surface area contributed by atoms with Gasteiger partial charge in [-0.05, 0) is 35.0 Å². The van der Waals surface area contributed by atoms with Crippen LogP contribution in [0.3, 0.4) is 0 Å². The molecule has 0 aliphatic heterocycles. The molecule has 1 aromatic carbocycles. The van der Waals surface area contributed by atoms with Crippen molar-refractivity contribution in [2.24, 2.45) is 0 Å². The molecule has 0 atom stereocenters. The first-order valence-corrected chi connectivity index (χ1v) is 5.25. The Balaban J connectivity index is 2.81. The van der Waals surface area contributed by atoms with Gasteiger partial charge in [0.1, 0.15) is 5.52 Å². The van der Waals surface area contributed by atoms with Gasteiger partial charge in [-0.15, -0.1) is 0 Å². The van der Waals surface area contributed by atoms with Gasteiger partial charge in [0.25, 0.3) is 0 Å². The number of hydrogen-bond donors (Lipinski definition) is 0. The predicted octanol–water partition coefficient (Wildman–Crippen LogP) is 2.83. The van der Waals surface area contributed by atoms with Crippen molar-refractivity contribution in [3.05, 3.63) is 22.8 Å². The number of nitrogens with zero attached hydrogens (tertiary/aromatic N) is 2. The van der Waals surface area contributed by atoms with Gasteiger partial charge in [0.05, 0.1) is 17.8 Å². The Bertz CT molecular complexity index is 464. The average Bonchev–Trinajstić information content (AvgIpc) is 2.61. The number of methoxy groups -OCH3 is 1. The van der Waals surface area contributed by atoms with Gasteiger partial charge < -0.3 is 4.74 Å². The van der Waals surface area contributed by atoms with Crippen molar-refractivity contribution in [2.45, 2.75) is 13.5 Å². The molecular formula is C10H11BrN2O. The number of aryl methyl sites for hydroxylation is 1. The lowest BCUT2D eigenvalue weighted by Gasteiger charge is -2.07. The summed E-state index contributed by atoms with van der Waals surface area (Å²) in [7, 11) is 1.67. The number of fused-ring (bicyclic) bond motifs is 1. The summed E-state index contributed by atoms with van der Waals surface area (Å²) in [5, 5.41) is 5.38. The SMILES string of the molecule is CCn1ncc2ccc(Br)c(OC)c21. The predicted molar refractivity (Wildman–Crippen MR) is 59.7 cm³/mol. The van der Waals surface area contributed by atoms with Crippen LogP contribution >= 0.6 is 15.9 Å². The third-order valence-electron chi connectivity index (χ3n) is 2.21. The van der Waals surface area contributed by atoms with Crippen molar-refractivity contribution in [1.29, 1.82) is 0 Å². The molecule has 0 aliphatic carbocycles. The molecule has 1 heterocycles. The van der Waals surface area contributed by atoms with Crippen molar-refractivity contribution in [3.8, 4) is 5.75 Å². The second kappa shape index (κ2) is 3.61. The fourth-order valence-corrected chi connectivity index (χ4v) is 2.04. The van der Waals surface area contributed by atoms with Gasteiger partial charge in [-0.2, -0.15) is 5.10 Å². The Morgan fingerprint density at radius 3 is 2.93 bits per heavy atom. The minimum Gasteiger partial charge on any atom is -0.493 e. The maximum absolute atomic E-state index is 5.35. The van der Waals surface area contributed by atoms with Crippen LogP contribution in [0.4, 0.5) is 0 Å². The van der Waals surface area contributed by atoms with Gasteiger partial charge >= 0.3 is 0 Å². The van der Waals surface area contributed by atoms with Crippen LogP contribution in [-0.4, -0.2) is 16.9 Å². The molecule has 0 fully saturated rings. The lowest BCUT2D eigenvalue weighted by atomic mass is 10.2. The van der Waals surface area contributed by atoms with Crippen molar-refractivity contribution >= 4 is 26.8 Å². The number of ether oxygens (including phenoxy) is 1. The van der Waals surface area contributed by atoms with Crippen molar-refractivity contribution in [3.63, 3.8) is 0 Å². The van der Waals surface area contributed by atoms with Crippen LogP contribution in [0.25, 0.3) is 10.9 Å². The van der Waals surface area contributed by atoms with E-state index in [1.54, 1.807) is 7.11 Å². The maximum Gasteiger partial charge on any atom is 0.158 e. The highest BCUT2D eigenvalue weighted by Crippen LogP contribution is 2.33. The lowest BCUT2D eigenvalue weighted by molar-refractivity contribution is 0.414. The molecule has 0 spiro atoms. The van der Waals surface area contributed by atoms with Gasteiger partial charge in [-0.1, -0.05) is 0 Å². The van der Waals surface area contributed by atoms with Crippen LogP contribution in [0, 0.1) is 0 Å². The molecule has 14 heavy (non-hydrogen) atoms. The number of benzene rings is 1. The van der Waals surface area contributed by atoms with Crippen LogP contribution in [0.2, 0.25) is 0 Å². The zero-order valence-corrected chi connectivity index (χ0v) is 9.71. The molecule has 0 aliphatic rings. The minimum absolute atomic E-state index is 0.844. The zero-order valence-electron chi connectivity index (χ0n) is 8.12. The second-order valence-electron chi connectivity index (χ2n) is 2.98. The Morgan fingerprint density at radius 1 is 1.50 bits per heavy atom. The van der Waals surface area contributed by atoms with Gasteiger partial charge in [-0.3, -0.25) is 4.68 Å². The molecule has 2 aromatic rings. The highest BCUT2D eigenvalue weighted by atomic mass is 79.9. The van der Waals surface area contributed by atoms with E-state index >= 15 is 0 Å². The summed E-state index contributed by atoms with van der Waals surface area (Å²) >= 11 is 3.46. The Hall–Kier alpha value is -1.03. The number of halogens is 1. The number of hydrogen-bond acceptors (Lipinski definition) is 2. The smallest absolute Gasteiger partial charge is 0.158 e. The quantitative estimate of drug-likeness (QED) is 0.825. The average molecular weight is 255 g/mol. The van der Waals surface area contributed by atoms with Crippen LogP contribution in [0.1, 0.15) is 6.92 Å². The standard InChI is InChI=1S/C10H11BrN2O/c1-3-13-9-7(6-12-13)4-5-8(11)10(9)14-2/h4-6H,3H2,1-2H3. The second-order valence-corrected chi connectivity index (χ2v) is 3.83. The number of rotatable bonds is 2. The van der Waals surface area contributed by atoms with Gasteiger partial charge in [0.2, 0.25) is 0 Å². The molecule has 0 saturated carbocycles.